The number of rotatable bonds is 7. The molecule has 3 rings (SSSR count). The van der Waals surface area contributed by atoms with Gasteiger partial charge in [-0.3, -0.25) is 4.90 Å². The zero-order chi connectivity index (χ0) is 20.5. The first-order valence-electron chi connectivity index (χ1n) is 11.6. The number of likely N-dealkylation sites (tertiary alicyclic amines) is 2. The SMILES string of the molecule is CCNC(=NCc1ccccc1CN1CCCC(C)C1)N1CCC(OCC)CC1.I. The summed E-state index contributed by atoms with van der Waals surface area (Å²) in [5.74, 6) is 1.86. The van der Waals surface area contributed by atoms with Crippen LogP contribution in [0, 0.1) is 5.92 Å². The summed E-state index contributed by atoms with van der Waals surface area (Å²) in [6.45, 7) is 14.6. The highest BCUT2D eigenvalue weighted by molar-refractivity contribution is 14.0. The molecular formula is C24H41IN4O. The molecule has 2 heterocycles. The zero-order valence-corrected chi connectivity index (χ0v) is 21.4. The number of ether oxygens (including phenoxy) is 1. The minimum atomic E-state index is 0. The van der Waals surface area contributed by atoms with Crippen molar-refractivity contribution in [1.29, 1.82) is 0 Å². The van der Waals surface area contributed by atoms with E-state index in [4.69, 9.17) is 9.73 Å². The van der Waals surface area contributed by atoms with Gasteiger partial charge in [0.1, 0.15) is 0 Å². The number of benzene rings is 1. The fourth-order valence-corrected chi connectivity index (χ4v) is 4.59. The molecule has 0 aliphatic carbocycles. The van der Waals surface area contributed by atoms with Crippen LogP contribution in [0.15, 0.2) is 29.3 Å². The second-order valence-corrected chi connectivity index (χ2v) is 8.56. The van der Waals surface area contributed by atoms with E-state index in [1.54, 1.807) is 0 Å². The Bertz CT molecular complexity index is 646. The predicted molar refractivity (Wildman–Crippen MR) is 137 cm³/mol. The third kappa shape index (κ3) is 7.68. The van der Waals surface area contributed by atoms with Crippen molar-refractivity contribution in [2.24, 2.45) is 10.9 Å². The third-order valence-electron chi connectivity index (χ3n) is 6.13. The third-order valence-corrected chi connectivity index (χ3v) is 6.13. The number of nitrogens with zero attached hydrogens (tertiary/aromatic N) is 3. The van der Waals surface area contributed by atoms with Gasteiger partial charge in [-0.05, 0) is 63.1 Å². The second-order valence-electron chi connectivity index (χ2n) is 8.56. The van der Waals surface area contributed by atoms with Crippen molar-refractivity contribution in [2.45, 2.75) is 65.6 Å². The molecule has 170 valence electrons. The fraction of sp³-hybridized carbons (Fsp3) is 0.708. The summed E-state index contributed by atoms with van der Waals surface area (Å²) < 4.78 is 5.80. The lowest BCUT2D eigenvalue weighted by Crippen LogP contribution is -2.47. The van der Waals surface area contributed by atoms with Crippen LogP contribution in [0.3, 0.4) is 0 Å². The lowest BCUT2D eigenvalue weighted by atomic mass is 9.99. The van der Waals surface area contributed by atoms with Gasteiger partial charge in [0.2, 0.25) is 0 Å². The molecule has 0 bridgehead atoms. The average molecular weight is 529 g/mol. The highest BCUT2D eigenvalue weighted by Gasteiger charge is 2.22. The van der Waals surface area contributed by atoms with E-state index >= 15 is 0 Å². The highest BCUT2D eigenvalue weighted by Crippen LogP contribution is 2.20. The lowest BCUT2D eigenvalue weighted by Gasteiger charge is -2.34. The van der Waals surface area contributed by atoms with E-state index in [-0.39, 0.29) is 24.0 Å². The van der Waals surface area contributed by atoms with Crippen LogP contribution < -0.4 is 5.32 Å². The predicted octanol–water partition coefficient (Wildman–Crippen LogP) is 4.50. The highest BCUT2D eigenvalue weighted by atomic mass is 127. The van der Waals surface area contributed by atoms with Gasteiger partial charge in [0.25, 0.3) is 0 Å². The van der Waals surface area contributed by atoms with E-state index in [1.807, 2.05) is 0 Å². The van der Waals surface area contributed by atoms with Gasteiger partial charge in [0.15, 0.2) is 5.96 Å². The molecule has 5 nitrogen and oxygen atoms in total. The first-order valence-corrected chi connectivity index (χ1v) is 11.6. The second kappa shape index (κ2) is 13.5. The Morgan fingerprint density at radius 1 is 1.10 bits per heavy atom. The first kappa shape index (κ1) is 25.4. The number of aliphatic imine (C=N–C) groups is 1. The zero-order valence-electron chi connectivity index (χ0n) is 19.1. The molecule has 6 heteroatoms. The Balaban J connectivity index is 0.00000320. The van der Waals surface area contributed by atoms with Gasteiger partial charge >= 0.3 is 0 Å². The molecule has 0 radical (unpaired) electrons. The molecule has 1 aromatic rings. The first-order chi connectivity index (χ1) is 14.2. The Morgan fingerprint density at radius 2 is 1.83 bits per heavy atom. The average Bonchev–Trinajstić information content (AvgIpc) is 2.73. The van der Waals surface area contributed by atoms with Crippen LogP contribution in [-0.4, -0.2) is 61.2 Å². The minimum absolute atomic E-state index is 0. The Hall–Kier alpha value is -0.860. The number of hydrogen-bond acceptors (Lipinski definition) is 3. The molecule has 1 unspecified atom stereocenters. The lowest BCUT2D eigenvalue weighted by molar-refractivity contribution is 0.0263. The number of halogens is 1. The smallest absolute Gasteiger partial charge is 0.194 e. The van der Waals surface area contributed by atoms with Crippen LogP contribution in [0.25, 0.3) is 0 Å². The van der Waals surface area contributed by atoms with Crippen molar-refractivity contribution in [3.05, 3.63) is 35.4 Å². The summed E-state index contributed by atoms with van der Waals surface area (Å²) in [5, 5.41) is 3.50. The molecule has 30 heavy (non-hydrogen) atoms. The van der Waals surface area contributed by atoms with Gasteiger partial charge < -0.3 is 15.0 Å². The molecular weight excluding hydrogens is 487 g/mol. The summed E-state index contributed by atoms with van der Waals surface area (Å²) in [6.07, 6.45) is 5.27. The van der Waals surface area contributed by atoms with Gasteiger partial charge in [-0.2, -0.15) is 0 Å². The largest absolute Gasteiger partial charge is 0.378 e. The maximum Gasteiger partial charge on any atom is 0.194 e. The molecule has 0 aromatic heterocycles. The molecule has 0 spiro atoms. The van der Waals surface area contributed by atoms with E-state index in [0.717, 1.165) is 64.0 Å². The van der Waals surface area contributed by atoms with E-state index in [1.165, 1.54) is 37.1 Å². The number of nitrogens with one attached hydrogen (secondary N) is 1. The standard InChI is InChI=1S/C24H40N4O.HI/c1-4-25-24(28-15-12-23(13-16-28)29-5-2)26-17-21-10-6-7-11-22(21)19-27-14-8-9-20(3)18-27;/h6-7,10-11,20,23H,4-5,8-9,12-19H2,1-3H3,(H,25,26);1H. The molecule has 1 aromatic carbocycles. The molecule has 2 aliphatic heterocycles. The number of guanidine groups is 1. The Labute approximate surface area is 200 Å². The summed E-state index contributed by atoms with van der Waals surface area (Å²) in [4.78, 5) is 10.0. The monoisotopic (exact) mass is 528 g/mol. The van der Waals surface area contributed by atoms with Gasteiger partial charge in [-0.15, -0.1) is 24.0 Å². The molecule has 0 amide bonds. The van der Waals surface area contributed by atoms with Crippen molar-refractivity contribution in [1.82, 2.24) is 15.1 Å². The van der Waals surface area contributed by atoms with E-state index < -0.39 is 0 Å². The molecule has 1 atom stereocenters. The minimum Gasteiger partial charge on any atom is -0.378 e. The Morgan fingerprint density at radius 3 is 2.50 bits per heavy atom. The van der Waals surface area contributed by atoms with Crippen LogP contribution in [0.5, 0.6) is 0 Å². The van der Waals surface area contributed by atoms with Gasteiger partial charge in [0, 0.05) is 39.3 Å². The maximum absolute atomic E-state index is 5.80. The van der Waals surface area contributed by atoms with E-state index in [0.29, 0.717) is 6.10 Å². The van der Waals surface area contributed by atoms with Crippen LogP contribution in [0.4, 0.5) is 0 Å². The molecule has 1 N–H and O–H groups in total. The van der Waals surface area contributed by atoms with E-state index in [2.05, 4.69) is 60.2 Å². The van der Waals surface area contributed by atoms with Crippen molar-refractivity contribution in [2.75, 3.05) is 39.3 Å². The molecule has 2 aliphatic rings. The van der Waals surface area contributed by atoms with Gasteiger partial charge in [-0.25, -0.2) is 4.99 Å². The summed E-state index contributed by atoms with van der Waals surface area (Å²) in [6, 6.07) is 8.84. The quantitative estimate of drug-likeness (QED) is 0.322. The van der Waals surface area contributed by atoms with Crippen molar-refractivity contribution in [3.63, 3.8) is 0 Å². The van der Waals surface area contributed by atoms with Crippen LogP contribution >= 0.6 is 24.0 Å². The van der Waals surface area contributed by atoms with Crippen LogP contribution in [-0.2, 0) is 17.8 Å². The Kier molecular flexibility index (Phi) is 11.5. The summed E-state index contributed by atoms with van der Waals surface area (Å²) in [7, 11) is 0. The molecule has 2 saturated heterocycles. The van der Waals surface area contributed by atoms with Gasteiger partial charge in [-0.1, -0.05) is 31.2 Å². The van der Waals surface area contributed by atoms with Crippen molar-refractivity contribution in [3.8, 4) is 0 Å². The number of hydrogen-bond donors (Lipinski definition) is 1. The summed E-state index contributed by atoms with van der Waals surface area (Å²) in [5.41, 5.74) is 2.78. The van der Waals surface area contributed by atoms with E-state index in [9.17, 15) is 0 Å². The van der Waals surface area contributed by atoms with Crippen molar-refractivity contribution >= 4 is 29.9 Å². The normalized spacial score (nSPS) is 21.4. The summed E-state index contributed by atoms with van der Waals surface area (Å²) >= 11 is 0. The number of piperidine rings is 2. The van der Waals surface area contributed by atoms with Crippen LogP contribution in [0.1, 0.15) is 57.6 Å². The van der Waals surface area contributed by atoms with Crippen molar-refractivity contribution < 1.29 is 4.74 Å². The maximum atomic E-state index is 5.80. The topological polar surface area (TPSA) is 40.1 Å². The van der Waals surface area contributed by atoms with Gasteiger partial charge in [0.05, 0.1) is 12.6 Å². The van der Waals surface area contributed by atoms with Crippen LogP contribution in [0.2, 0.25) is 0 Å². The molecule has 0 saturated carbocycles. The molecule has 2 fully saturated rings. The fourth-order valence-electron chi connectivity index (χ4n) is 4.59.